The van der Waals surface area contributed by atoms with E-state index in [0.717, 1.165) is 29.8 Å². The van der Waals surface area contributed by atoms with Gasteiger partial charge in [0, 0.05) is 41.4 Å². The molecule has 1 saturated heterocycles. The smallest absolute Gasteiger partial charge is 0.236 e. The Morgan fingerprint density at radius 2 is 1.82 bits per heavy atom. The lowest BCUT2D eigenvalue weighted by molar-refractivity contribution is -0.131. The van der Waals surface area contributed by atoms with E-state index in [-0.39, 0.29) is 23.7 Å². The van der Waals surface area contributed by atoms with Gasteiger partial charge < -0.3 is 4.90 Å². The van der Waals surface area contributed by atoms with Gasteiger partial charge in [-0.25, -0.2) is 0 Å². The Bertz CT molecular complexity index is 960. The quantitative estimate of drug-likeness (QED) is 0.656. The normalized spacial score (nSPS) is 23.1. The molecule has 0 spiro atoms. The Kier molecular flexibility index (Phi) is 5.21. The van der Waals surface area contributed by atoms with Crippen LogP contribution < -0.4 is 4.90 Å². The second-order valence-electron chi connectivity index (χ2n) is 7.77. The molecule has 2 aromatic rings. The first-order valence-electron chi connectivity index (χ1n) is 9.49. The fourth-order valence-corrected chi connectivity index (χ4v) is 4.84. The predicted octanol–water partition coefficient (Wildman–Crippen LogP) is 4.86. The van der Waals surface area contributed by atoms with Crippen LogP contribution in [0.3, 0.4) is 0 Å². The van der Waals surface area contributed by atoms with Crippen molar-refractivity contribution < 1.29 is 9.59 Å². The Morgan fingerprint density at radius 3 is 2.61 bits per heavy atom. The number of hydrogen-bond acceptors (Lipinski definition) is 3. The zero-order valence-corrected chi connectivity index (χ0v) is 17.4. The summed E-state index contributed by atoms with van der Waals surface area (Å²) in [4.78, 5) is 29.1. The summed E-state index contributed by atoms with van der Waals surface area (Å²) >= 11 is 12.8. The Morgan fingerprint density at radius 1 is 1.07 bits per heavy atom. The van der Waals surface area contributed by atoms with E-state index >= 15 is 0 Å². The summed E-state index contributed by atoms with van der Waals surface area (Å²) in [6.45, 7) is 3.38. The largest absolute Gasteiger partial charge is 0.301 e. The fraction of sp³-hybridized carbons (Fsp3) is 0.364. The van der Waals surface area contributed by atoms with Gasteiger partial charge in [-0.3, -0.25) is 14.5 Å². The zero-order chi connectivity index (χ0) is 20.0. The summed E-state index contributed by atoms with van der Waals surface area (Å²) < 4.78 is 0. The van der Waals surface area contributed by atoms with Gasteiger partial charge in [-0.05, 0) is 48.4 Å². The molecule has 0 radical (unpaired) electrons. The van der Waals surface area contributed by atoms with Gasteiger partial charge in [-0.1, -0.05) is 48.3 Å². The molecule has 2 aromatic carbocycles. The molecule has 4 nitrogen and oxygen atoms in total. The predicted molar refractivity (Wildman–Crippen MR) is 112 cm³/mol. The van der Waals surface area contributed by atoms with Crippen molar-refractivity contribution >= 4 is 40.7 Å². The van der Waals surface area contributed by atoms with Crippen LogP contribution in [0.25, 0.3) is 0 Å². The van der Waals surface area contributed by atoms with Gasteiger partial charge >= 0.3 is 0 Å². The minimum atomic E-state index is -0.157. The van der Waals surface area contributed by atoms with E-state index in [9.17, 15) is 9.59 Å². The van der Waals surface area contributed by atoms with Crippen LogP contribution in [0.15, 0.2) is 36.4 Å². The van der Waals surface area contributed by atoms with Gasteiger partial charge in [-0.15, -0.1) is 0 Å². The third-order valence-electron chi connectivity index (χ3n) is 5.73. The molecular formula is C22H22Cl2N2O2. The molecule has 2 heterocycles. The van der Waals surface area contributed by atoms with Gasteiger partial charge in [0.25, 0.3) is 0 Å². The monoisotopic (exact) mass is 416 g/mol. The molecule has 0 saturated carbocycles. The van der Waals surface area contributed by atoms with Crippen molar-refractivity contribution in [1.29, 1.82) is 0 Å². The number of likely N-dealkylation sites (N-methyl/N-ethyl adjacent to an activating group) is 1. The number of rotatable bonds is 2. The summed E-state index contributed by atoms with van der Waals surface area (Å²) in [6, 6.07) is 11.4. The van der Waals surface area contributed by atoms with Crippen LogP contribution in [-0.4, -0.2) is 30.3 Å². The average Bonchev–Trinajstić information content (AvgIpc) is 2.66. The first kappa shape index (κ1) is 19.4. The number of fused-ring (bicyclic) bond motifs is 1. The van der Waals surface area contributed by atoms with E-state index in [0.29, 0.717) is 28.6 Å². The number of anilines is 1. The van der Waals surface area contributed by atoms with E-state index in [4.69, 9.17) is 23.2 Å². The molecule has 0 aliphatic carbocycles. The molecule has 0 unspecified atom stereocenters. The molecule has 6 heteroatoms. The van der Waals surface area contributed by atoms with Crippen LogP contribution in [0.4, 0.5) is 5.69 Å². The number of para-hydroxylation sites is 1. The molecule has 2 aliphatic heterocycles. The Balaban J connectivity index is 1.86. The number of nitrogens with zero attached hydrogens (tertiary/aromatic N) is 2. The van der Waals surface area contributed by atoms with Crippen LogP contribution in [0.1, 0.15) is 42.4 Å². The molecule has 146 valence electrons. The maximum atomic E-state index is 12.8. The lowest BCUT2D eigenvalue weighted by Gasteiger charge is -2.36. The molecule has 0 aromatic heterocycles. The first-order valence-corrected chi connectivity index (χ1v) is 10.2. The third kappa shape index (κ3) is 3.34. The molecular weight excluding hydrogens is 395 g/mol. The number of piperidine rings is 1. The van der Waals surface area contributed by atoms with Crippen LogP contribution in [0, 0.1) is 5.92 Å². The summed E-state index contributed by atoms with van der Waals surface area (Å²) in [6.07, 6.45) is 0.997. The highest BCUT2D eigenvalue weighted by atomic mass is 35.5. The summed E-state index contributed by atoms with van der Waals surface area (Å²) in [5.74, 6) is -0.448. The Hall–Kier alpha value is -1.88. The SMILES string of the molecule is C[C@H]1CCC(=O)N(c2ccccc2[C@@H]2CN(C)Cc3c(Cl)cc(Cl)cc32)C1=O. The molecule has 2 atom stereocenters. The maximum absolute atomic E-state index is 12.8. The number of halogens is 2. The van der Waals surface area contributed by atoms with Crippen molar-refractivity contribution in [2.24, 2.45) is 5.92 Å². The molecule has 0 bridgehead atoms. The topological polar surface area (TPSA) is 40.6 Å². The number of carbonyl (C=O) groups excluding carboxylic acids is 2. The highest BCUT2D eigenvalue weighted by Gasteiger charge is 2.36. The van der Waals surface area contributed by atoms with Crippen molar-refractivity contribution in [2.75, 3.05) is 18.5 Å². The molecule has 0 N–H and O–H groups in total. The van der Waals surface area contributed by atoms with Gasteiger partial charge in [-0.2, -0.15) is 0 Å². The number of amides is 2. The zero-order valence-electron chi connectivity index (χ0n) is 15.9. The highest BCUT2D eigenvalue weighted by Crippen LogP contribution is 2.42. The standard InChI is InChI=1S/C22H22Cl2N2O2/c1-13-7-8-21(27)26(22(13)28)20-6-4-3-5-15(20)17-11-25(2)12-18-16(17)9-14(23)10-19(18)24/h3-6,9-10,13,17H,7-8,11-12H2,1-2H3/t13-,17-/m0/s1. The molecule has 4 rings (SSSR count). The highest BCUT2D eigenvalue weighted by molar-refractivity contribution is 6.35. The summed E-state index contributed by atoms with van der Waals surface area (Å²) in [7, 11) is 2.04. The molecule has 28 heavy (non-hydrogen) atoms. The van der Waals surface area contributed by atoms with Crippen LogP contribution in [0.2, 0.25) is 10.0 Å². The minimum Gasteiger partial charge on any atom is -0.301 e. The molecule has 2 amide bonds. The Labute approximate surface area is 175 Å². The van der Waals surface area contributed by atoms with Crippen LogP contribution >= 0.6 is 23.2 Å². The summed E-state index contributed by atoms with van der Waals surface area (Å²) in [5.41, 5.74) is 3.73. The second-order valence-corrected chi connectivity index (χ2v) is 8.61. The number of carbonyl (C=O) groups is 2. The van der Waals surface area contributed by atoms with Crippen molar-refractivity contribution in [2.45, 2.75) is 32.2 Å². The fourth-order valence-electron chi connectivity index (χ4n) is 4.27. The van der Waals surface area contributed by atoms with Crippen molar-refractivity contribution in [1.82, 2.24) is 4.90 Å². The minimum absolute atomic E-state index is 0.0287. The lowest BCUT2D eigenvalue weighted by Crippen LogP contribution is -2.45. The molecule has 2 aliphatic rings. The van der Waals surface area contributed by atoms with Crippen molar-refractivity contribution in [3.05, 3.63) is 63.1 Å². The molecule has 1 fully saturated rings. The van der Waals surface area contributed by atoms with E-state index < -0.39 is 0 Å². The van der Waals surface area contributed by atoms with Gasteiger partial charge in [0.2, 0.25) is 11.8 Å². The maximum Gasteiger partial charge on any atom is 0.236 e. The lowest BCUT2D eigenvalue weighted by atomic mass is 9.83. The van der Waals surface area contributed by atoms with E-state index in [2.05, 4.69) is 4.90 Å². The van der Waals surface area contributed by atoms with E-state index in [1.165, 1.54) is 4.90 Å². The first-order chi connectivity index (χ1) is 13.4. The number of benzene rings is 2. The van der Waals surface area contributed by atoms with Gasteiger partial charge in [0.05, 0.1) is 5.69 Å². The number of imide groups is 1. The van der Waals surface area contributed by atoms with Crippen LogP contribution in [0.5, 0.6) is 0 Å². The summed E-state index contributed by atoms with van der Waals surface area (Å²) in [5, 5.41) is 1.24. The van der Waals surface area contributed by atoms with Crippen molar-refractivity contribution in [3.8, 4) is 0 Å². The van der Waals surface area contributed by atoms with Crippen LogP contribution in [-0.2, 0) is 16.1 Å². The second kappa shape index (κ2) is 7.51. The van der Waals surface area contributed by atoms with E-state index in [1.807, 2.05) is 44.3 Å². The number of hydrogen-bond donors (Lipinski definition) is 0. The van der Waals surface area contributed by atoms with Gasteiger partial charge in [0.1, 0.15) is 0 Å². The van der Waals surface area contributed by atoms with E-state index in [1.54, 1.807) is 6.07 Å². The van der Waals surface area contributed by atoms with Crippen molar-refractivity contribution in [3.63, 3.8) is 0 Å². The van der Waals surface area contributed by atoms with Gasteiger partial charge in [0.15, 0.2) is 0 Å². The third-order valence-corrected chi connectivity index (χ3v) is 6.28. The average molecular weight is 417 g/mol.